The van der Waals surface area contributed by atoms with Gasteiger partial charge in [0, 0.05) is 28.7 Å². The summed E-state index contributed by atoms with van der Waals surface area (Å²) in [5, 5.41) is 0. The SMILES string of the molecule is C[C@H](N[S+]([O-])C(C)(C)C)c1cc(F)c(-c2ccnc(C(F)(F)F)c2)cc1F. The Kier molecular flexibility index (Phi) is 6.18. The first kappa shape index (κ1) is 21.6. The number of aromatic nitrogens is 1. The van der Waals surface area contributed by atoms with Gasteiger partial charge in [0.1, 0.15) is 22.1 Å². The molecule has 0 saturated carbocycles. The summed E-state index contributed by atoms with van der Waals surface area (Å²) < 4.78 is 81.6. The first-order valence-electron chi connectivity index (χ1n) is 8.01. The van der Waals surface area contributed by atoms with Gasteiger partial charge in [-0.3, -0.25) is 4.98 Å². The molecule has 0 aliphatic heterocycles. The molecule has 0 spiro atoms. The Morgan fingerprint density at radius 2 is 1.70 bits per heavy atom. The molecule has 1 aromatic carbocycles. The second kappa shape index (κ2) is 7.73. The van der Waals surface area contributed by atoms with E-state index in [1.165, 1.54) is 13.0 Å². The van der Waals surface area contributed by atoms with Crippen molar-refractivity contribution in [2.75, 3.05) is 0 Å². The minimum atomic E-state index is -4.69. The van der Waals surface area contributed by atoms with Gasteiger partial charge in [0.25, 0.3) is 0 Å². The van der Waals surface area contributed by atoms with Crippen molar-refractivity contribution in [3.05, 3.63) is 53.4 Å². The fourth-order valence-corrected chi connectivity index (χ4v) is 3.07. The van der Waals surface area contributed by atoms with Crippen molar-refractivity contribution in [1.29, 1.82) is 0 Å². The van der Waals surface area contributed by atoms with Crippen molar-refractivity contribution in [3.63, 3.8) is 0 Å². The highest BCUT2D eigenvalue weighted by atomic mass is 32.2. The lowest BCUT2D eigenvalue weighted by molar-refractivity contribution is -0.141. The maximum absolute atomic E-state index is 14.5. The van der Waals surface area contributed by atoms with Crippen LogP contribution in [0.5, 0.6) is 0 Å². The Morgan fingerprint density at radius 1 is 1.07 bits per heavy atom. The predicted molar refractivity (Wildman–Crippen MR) is 94.0 cm³/mol. The number of halogens is 5. The van der Waals surface area contributed by atoms with E-state index in [0.717, 1.165) is 18.3 Å². The Hall–Kier alpha value is -1.71. The maximum Gasteiger partial charge on any atom is 0.433 e. The molecule has 1 N–H and O–H groups in total. The Bertz CT molecular complexity index is 820. The number of benzene rings is 1. The molecule has 1 aromatic heterocycles. The molecule has 2 atom stereocenters. The zero-order chi connectivity index (χ0) is 20.6. The van der Waals surface area contributed by atoms with Crippen molar-refractivity contribution in [3.8, 4) is 11.1 Å². The van der Waals surface area contributed by atoms with Crippen molar-refractivity contribution < 1.29 is 26.5 Å². The molecule has 2 rings (SSSR count). The summed E-state index contributed by atoms with van der Waals surface area (Å²) in [6, 6.07) is 2.79. The third-order valence-electron chi connectivity index (χ3n) is 3.75. The molecular weight excluding hydrogens is 387 g/mol. The van der Waals surface area contributed by atoms with Crippen LogP contribution < -0.4 is 4.72 Å². The van der Waals surface area contributed by atoms with E-state index in [0.29, 0.717) is 6.07 Å². The molecule has 0 fully saturated rings. The summed E-state index contributed by atoms with van der Waals surface area (Å²) in [4.78, 5) is 3.20. The van der Waals surface area contributed by atoms with Gasteiger partial charge >= 0.3 is 6.18 Å². The van der Waals surface area contributed by atoms with Gasteiger partial charge < -0.3 is 4.55 Å². The molecule has 2 aromatic rings. The van der Waals surface area contributed by atoms with Gasteiger partial charge in [-0.25, -0.2) is 8.78 Å². The van der Waals surface area contributed by atoms with Crippen LogP contribution in [-0.2, 0) is 17.5 Å². The molecule has 1 unspecified atom stereocenters. The first-order valence-corrected chi connectivity index (χ1v) is 9.16. The van der Waals surface area contributed by atoms with Gasteiger partial charge in [0.05, 0.1) is 6.04 Å². The summed E-state index contributed by atoms with van der Waals surface area (Å²) >= 11 is -1.51. The van der Waals surface area contributed by atoms with Crippen molar-refractivity contribution in [1.82, 2.24) is 9.71 Å². The molecule has 9 heteroatoms. The summed E-state index contributed by atoms with van der Waals surface area (Å²) in [6.45, 7) is 6.70. The molecule has 148 valence electrons. The normalized spacial score (nSPS) is 14.9. The van der Waals surface area contributed by atoms with Crippen LogP contribution in [0.25, 0.3) is 11.1 Å². The summed E-state index contributed by atoms with van der Waals surface area (Å²) in [5.74, 6) is -1.71. The highest BCUT2D eigenvalue weighted by Crippen LogP contribution is 2.33. The van der Waals surface area contributed by atoms with E-state index in [1.807, 2.05) is 0 Å². The highest BCUT2D eigenvalue weighted by Gasteiger charge is 2.33. The summed E-state index contributed by atoms with van der Waals surface area (Å²) in [7, 11) is 0. The lowest BCUT2D eigenvalue weighted by Gasteiger charge is -2.26. The van der Waals surface area contributed by atoms with Crippen molar-refractivity contribution in [2.24, 2.45) is 0 Å². The zero-order valence-electron chi connectivity index (χ0n) is 15.1. The molecule has 0 aliphatic carbocycles. The molecular formula is C18H19F5N2OS. The molecule has 1 heterocycles. The number of pyridine rings is 1. The number of hydrogen-bond acceptors (Lipinski definition) is 3. The first-order chi connectivity index (χ1) is 12.3. The van der Waals surface area contributed by atoms with Crippen molar-refractivity contribution >= 4 is 11.4 Å². The van der Waals surface area contributed by atoms with Crippen LogP contribution in [0.15, 0.2) is 30.5 Å². The smallest absolute Gasteiger partial charge is 0.433 e. The number of nitrogens with one attached hydrogen (secondary N) is 1. The molecule has 0 aliphatic rings. The Labute approximate surface area is 157 Å². The van der Waals surface area contributed by atoms with E-state index in [9.17, 15) is 26.5 Å². The number of rotatable bonds is 4. The highest BCUT2D eigenvalue weighted by molar-refractivity contribution is 7.90. The van der Waals surface area contributed by atoms with E-state index in [2.05, 4.69) is 9.71 Å². The van der Waals surface area contributed by atoms with Crippen LogP contribution >= 0.6 is 0 Å². The van der Waals surface area contributed by atoms with Gasteiger partial charge in [0.15, 0.2) is 0 Å². The zero-order valence-corrected chi connectivity index (χ0v) is 15.9. The van der Waals surface area contributed by atoms with Crippen LogP contribution in [0.4, 0.5) is 22.0 Å². The summed E-state index contributed by atoms with van der Waals surface area (Å²) in [5.41, 5.74) is -1.72. The van der Waals surface area contributed by atoms with E-state index < -0.39 is 45.7 Å². The Morgan fingerprint density at radius 3 is 2.26 bits per heavy atom. The van der Waals surface area contributed by atoms with Gasteiger partial charge in [0.2, 0.25) is 0 Å². The van der Waals surface area contributed by atoms with Crippen LogP contribution in [0.1, 0.15) is 45.0 Å². The van der Waals surface area contributed by atoms with Gasteiger partial charge in [-0.15, -0.1) is 4.72 Å². The van der Waals surface area contributed by atoms with Crippen LogP contribution in [-0.4, -0.2) is 14.3 Å². The minimum Gasteiger partial charge on any atom is -0.598 e. The van der Waals surface area contributed by atoms with Crippen molar-refractivity contribution in [2.45, 2.75) is 44.7 Å². The quantitative estimate of drug-likeness (QED) is 0.564. The van der Waals surface area contributed by atoms with Crippen LogP contribution in [0.2, 0.25) is 0 Å². The largest absolute Gasteiger partial charge is 0.598 e. The van der Waals surface area contributed by atoms with Gasteiger partial charge in [-0.1, -0.05) is 0 Å². The molecule has 0 amide bonds. The number of hydrogen-bond donors (Lipinski definition) is 1. The van der Waals surface area contributed by atoms with E-state index in [4.69, 9.17) is 0 Å². The van der Waals surface area contributed by atoms with Crippen LogP contribution in [0.3, 0.4) is 0 Å². The van der Waals surface area contributed by atoms with Crippen LogP contribution in [0, 0.1) is 11.6 Å². The average Bonchev–Trinajstić information content (AvgIpc) is 2.55. The predicted octanol–water partition coefficient (Wildman–Crippen LogP) is 5.16. The summed E-state index contributed by atoms with van der Waals surface area (Å²) in [6.07, 6.45) is -3.81. The topological polar surface area (TPSA) is 48.0 Å². The fraction of sp³-hybridized carbons (Fsp3) is 0.389. The Balaban J connectivity index is 2.38. The maximum atomic E-state index is 14.5. The molecule has 0 saturated heterocycles. The molecule has 27 heavy (non-hydrogen) atoms. The fourth-order valence-electron chi connectivity index (χ4n) is 2.27. The van der Waals surface area contributed by atoms with Gasteiger partial charge in [-0.2, -0.15) is 13.2 Å². The average molecular weight is 406 g/mol. The second-order valence-corrected chi connectivity index (χ2v) is 9.00. The minimum absolute atomic E-state index is 0.0704. The second-order valence-electron chi connectivity index (χ2n) is 7.00. The monoisotopic (exact) mass is 406 g/mol. The molecule has 3 nitrogen and oxygen atoms in total. The van der Waals surface area contributed by atoms with E-state index in [-0.39, 0.29) is 16.7 Å². The lowest BCUT2D eigenvalue weighted by Crippen LogP contribution is -2.40. The number of nitrogens with zero attached hydrogens (tertiary/aromatic N) is 1. The van der Waals surface area contributed by atoms with E-state index >= 15 is 0 Å². The van der Waals surface area contributed by atoms with Gasteiger partial charge in [-0.05, 0) is 57.5 Å². The molecule has 0 radical (unpaired) electrons. The third-order valence-corrected chi connectivity index (χ3v) is 5.43. The van der Waals surface area contributed by atoms with E-state index in [1.54, 1.807) is 20.8 Å². The molecule has 0 bridgehead atoms. The third kappa shape index (κ3) is 5.18. The lowest BCUT2D eigenvalue weighted by atomic mass is 10.00. The number of alkyl halides is 3. The standard InChI is InChI=1S/C18H19F5N2OS/c1-10(25-27(26)17(2,3)4)12-8-15(20)13(9-14(12)19)11-5-6-24-16(7-11)18(21,22)23/h5-10,25H,1-4H3/t10-,27?/m0/s1.